The second-order valence-corrected chi connectivity index (χ2v) is 34.5. The number of carbonyl (C=O) groups is 2. The highest BCUT2D eigenvalue weighted by molar-refractivity contribution is 7.90. The van der Waals surface area contributed by atoms with E-state index in [1.165, 1.54) is 24.3 Å². The maximum atomic E-state index is 14.7. The van der Waals surface area contributed by atoms with Gasteiger partial charge < -0.3 is 30.3 Å². The Morgan fingerprint density at radius 1 is 0.747 bits per heavy atom. The van der Waals surface area contributed by atoms with E-state index >= 15 is 0 Å². The molecule has 5 N–H and O–H groups in total. The fourth-order valence-corrected chi connectivity index (χ4v) is 16.3. The molecule has 0 saturated carbocycles. The van der Waals surface area contributed by atoms with Gasteiger partial charge in [0.2, 0.25) is 5.95 Å². The summed E-state index contributed by atoms with van der Waals surface area (Å²) in [6, 6.07) is 15.9. The van der Waals surface area contributed by atoms with Crippen molar-refractivity contribution in [3.8, 4) is 0 Å². The average Bonchev–Trinajstić information content (AvgIpc) is 1.88. The van der Waals surface area contributed by atoms with Crippen LogP contribution in [-0.2, 0) is 40.4 Å². The summed E-state index contributed by atoms with van der Waals surface area (Å²) in [5, 5.41) is 10.3. The molecule has 18 nitrogen and oxygen atoms in total. The summed E-state index contributed by atoms with van der Waals surface area (Å²) in [6.07, 6.45) is 9.32. The quantitative estimate of drug-likeness (QED) is 0.0928. The summed E-state index contributed by atoms with van der Waals surface area (Å²) in [7, 11) is -8.64. The SMILES string of the molecule is CC1(C)CC(C2CC[C@@H]3CN(c4nc(C(C)(C)C)ccc4C(=O)NS(=O)(=O)c4cccc(n4)N2)C(C)(C)C3)CC(C)(C)O1.CC1(C)C[C@H](CCC(Nc2cccc(S(=O)(=O)NC(=O)c3ccc(C(C)(C)C)nc3F)n2)C2CC(C)(C)OC(C)(C)C2)CN1. The molecule has 480 valence electrons. The number of halogens is 1. The molecule has 2 amide bonds. The standard InChI is InChI=1S/C33H50FN5O4S.C33H49N5O4S/c1-30(2,3)25-16-14-23(28(34)37-25)29(40)39-44(41,42)27-12-10-11-26(38-27)36-24(15-13-21-17-31(4,5)35-20-21)22-18-32(6,7)43-33(8,9)19-22;1-30(2,3)25-16-14-23-28(35-25)38-20-21(17-31(38,4)5)13-15-24(22-18-32(6,7)42-33(8,9)19-22)34-26-11-10-12-27(36-26)43(40,41)37-29(23)39/h10-12,14,16,21-22,24,35H,13,15,17-20H2,1-9H3,(H,36,38)(H,39,40);10-12,14,16,21-22,24H,13,15,17-20H2,1-9H3,(H,34,36)(H,37,39)/t2*21-,24?/m00/s1. The molecular weight excluding hydrogens is 1140 g/mol. The van der Waals surface area contributed by atoms with Crippen molar-refractivity contribution in [3.05, 3.63) is 89.1 Å². The zero-order valence-electron chi connectivity index (χ0n) is 54.9. The van der Waals surface area contributed by atoms with E-state index in [0.29, 0.717) is 40.9 Å². The van der Waals surface area contributed by atoms with Gasteiger partial charge in [0.05, 0.1) is 33.5 Å². The first kappa shape index (κ1) is 67.6. The van der Waals surface area contributed by atoms with Crippen molar-refractivity contribution in [2.75, 3.05) is 28.6 Å². The van der Waals surface area contributed by atoms with Crippen molar-refractivity contribution in [1.29, 1.82) is 0 Å². The highest BCUT2D eigenvalue weighted by Crippen LogP contribution is 2.46. The van der Waals surface area contributed by atoms with Crippen LogP contribution in [0.25, 0.3) is 0 Å². The van der Waals surface area contributed by atoms with Crippen LogP contribution in [0.4, 0.5) is 21.8 Å². The number of anilines is 3. The van der Waals surface area contributed by atoms with Gasteiger partial charge in [-0.3, -0.25) is 9.59 Å². The third kappa shape index (κ3) is 17.1. The molecule has 0 aromatic carbocycles. The van der Waals surface area contributed by atoms with Crippen LogP contribution >= 0.6 is 0 Å². The van der Waals surface area contributed by atoms with Crippen LogP contribution in [0.15, 0.2) is 70.7 Å². The number of rotatable bonds is 10. The van der Waals surface area contributed by atoms with Crippen LogP contribution in [0.2, 0.25) is 0 Å². The van der Waals surface area contributed by atoms with Gasteiger partial charge in [0.1, 0.15) is 17.5 Å². The van der Waals surface area contributed by atoms with Gasteiger partial charge in [-0.15, -0.1) is 0 Å². The van der Waals surface area contributed by atoms with E-state index in [1.807, 2.05) is 31.6 Å². The van der Waals surface area contributed by atoms with E-state index in [0.717, 1.165) is 83.0 Å². The number of nitrogens with one attached hydrogen (secondary N) is 5. The molecule has 0 radical (unpaired) electrons. The zero-order valence-corrected chi connectivity index (χ0v) is 56.6. The minimum atomic E-state index is -4.39. The molecule has 4 aromatic rings. The van der Waals surface area contributed by atoms with E-state index in [2.05, 4.69) is 144 Å². The molecule has 5 aliphatic rings. The third-order valence-electron chi connectivity index (χ3n) is 17.8. The molecule has 9 rings (SSSR count). The Hall–Kier alpha value is -5.35. The van der Waals surface area contributed by atoms with Crippen molar-refractivity contribution >= 4 is 49.3 Å². The Morgan fingerprint density at radius 3 is 1.94 bits per heavy atom. The van der Waals surface area contributed by atoms with Gasteiger partial charge in [0.25, 0.3) is 31.9 Å². The Bertz CT molecular complexity index is 3380. The number of pyridine rings is 4. The highest BCUT2D eigenvalue weighted by atomic mass is 32.2. The first-order valence-electron chi connectivity index (χ1n) is 31.1. The molecule has 9 heterocycles. The minimum absolute atomic E-state index is 0.0303. The molecule has 5 aliphatic heterocycles. The van der Waals surface area contributed by atoms with E-state index in [-0.39, 0.29) is 72.5 Å². The monoisotopic (exact) mass is 1240 g/mol. The van der Waals surface area contributed by atoms with E-state index in [9.17, 15) is 30.8 Å². The fraction of sp³-hybridized carbons (Fsp3) is 0.667. The van der Waals surface area contributed by atoms with Crippen LogP contribution in [0.1, 0.15) is 221 Å². The summed E-state index contributed by atoms with van der Waals surface area (Å²) in [5.74, 6) is 0.0909. The summed E-state index contributed by atoms with van der Waals surface area (Å²) in [5.41, 5.74) is -0.886. The topological polar surface area (TPSA) is 236 Å². The van der Waals surface area contributed by atoms with Crippen molar-refractivity contribution in [1.82, 2.24) is 34.7 Å². The maximum Gasteiger partial charge on any atom is 0.281 e. The van der Waals surface area contributed by atoms with Gasteiger partial charge in [0, 0.05) is 51.9 Å². The molecule has 0 aliphatic carbocycles. The first-order valence-corrected chi connectivity index (χ1v) is 34.1. The van der Waals surface area contributed by atoms with Gasteiger partial charge in [-0.25, -0.2) is 29.4 Å². The number of aromatic nitrogens is 4. The second-order valence-electron chi connectivity index (χ2n) is 31.3. The van der Waals surface area contributed by atoms with Gasteiger partial charge in [0.15, 0.2) is 10.1 Å². The third-order valence-corrected chi connectivity index (χ3v) is 20.2. The van der Waals surface area contributed by atoms with Crippen molar-refractivity contribution in [2.24, 2.45) is 23.7 Å². The van der Waals surface area contributed by atoms with E-state index < -0.39 is 48.8 Å². The smallest absolute Gasteiger partial charge is 0.281 e. The molecule has 4 saturated heterocycles. The van der Waals surface area contributed by atoms with Crippen molar-refractivity contribution in [2.45, 2.75) is 255 Å². The summed E-state index contributed by atoms with van der Waals surface area (Å²) in [6.45, 7) is 39.5. The lowest BCUT2D eigenvalue weighted by Gasteiger charge is -2.48. The molecule has 4 aromatic heterocycles. The molecule has 4 bridgehead atoms. The number of hydrogen-bond acceptors (Lipinski definition) is 16. The van der Waals surface area contributed by atoms with Crippen LogP contribution < -0.4 is 30.3 Å². The summed E-state index contributed by atoms with van der Waals surface area (Å²) in [4.78, 5) is 46.5. The molecule has 0 spiro atoms. The van der Waals surface area contributed by atoms with Crippen LogP contribution in [-0.4, -0.2) is 107 Å². The molecule has 4 atom stereocenters. The van der Waals surface area contributed by atoms with Crippen LogP contribution in [0.5, 0.6) is 0 Å². The minimum Gasteiger partial charge on any atom is -0.370 e. The Morgan fingerprint density at radius 2 is 1.34 bits per heavy atom. The number of carbonyl (C=O) groups excluding carboxylic acids is 2. The van der Waals surface area contributed by atoms with Gasteiger partial charge >= 0.3 is 0 Å². The number of amides is 2. The fourth-order valence-electron chi connectivity index (χ4n) is 14.4. The van der Waals surface area contributed by atoms with Crippen LogP contribution in [0.3, 0.4) is 0 Å². The van der Waals surface area contributed by atoms with Gasteiger partial charge in [-0.1, -0.05) is 53.7 Å². The van der Waals surface area contributed by atoms with Crippen molar-refractivity contribution in [3.63, 3.8) is 0 Å². The van der Waals surface area contributed by atoms with Crippen molar-refractivity contribution < 1.29 is 40.3 Å². The normalized spacial score (nSPS) is 24.6. The second kappa shape index (κ2) is 24.5. The lowest BCUT2D eigenvalue weighted by atomic mass is 9.75. The molecule has 21 heteroatoms. The molecule has 87 heavy (non-hydrogen) atoms. The molecular formula is C66H99FN10O8S2. The Labute approximate surface area is 518 Å². The van der Waals surface area contributed by atoms with E-state index in [4.69, 9.17) is 14.5 Å². The highest BCUT2D eigenvalue weighted by Gasteiger charge is 2.46. The number of sulfonamides is 2. The predicted molar refractivity (Wildman–Crippen MR) is 341 cm³/mol. The summed E-state index contributed by atoms with van der Waals surface area (Å²) >= 11 is 0. The predicted octanol–water partition coefficient (Wildman–Crippen LogP) is 12.0. The Kier molecular flexibility index (Phi) is 19.0. The number of nitrogens with zero attached hydrogens (tertiary/aromatic N) is 5. The first-order chi connectivity index (χ1) is 39.9. The van der Waals surface area contributed by atoms with E-state index in [1.54, 1.807) is 30.3 Å². The maximum absolute atomic E-state index is 14.7. The van der Waals surface area contributed by atoms with Crippen LogP contribution in [0, 0.1) is 29.6 Å². The van der Waals surface area contributed by atoms with Gasteiger partial charge in [-0.2, -0.15) is 21.2 Å². The summed E-state index contributed by atoms with van der Waals surface area (Å²) < 4.78 is 85.3. The Balaban J connectivity index is 0.000000226. The zero-order chi connectivity index (χ0) is 64.3. The number of fused-ring (bicyclic) bond motifs is 6. The average molecular weight is 1240 g/mol. The lowest BCUT2D eigenvalue weighted by Crippen LogP contribution is -2.49. The van der Waals surface area contributed by atoms with Gasteiger partial charge in [-0.05, 0) is 226 Å². The number of hydrogen-bond donors (Lipinski definition) is 5. The molecule has 4 fully saturated rings. The molecule has 2 unspecified atom stereocenters. The number of ether oxygens (including phenoxy) is 2. The lowest BCUT2D eigenvalue weighted by molar-refractivity contribution is -0.175. The largest absolute Gasteiger partial charge is 0.370 e.